The van der Waals surface area contributed by atoms with E-state index in [0.717, 1.165) is 24.0 Å². The number of unbranched alkanes of at least 4 members (excludes halogenated alkanes) is 1. The third-order valence-electron chi connectivity index (χ3n) is 14.1. The highest BCUT2D eigenvalue weighted by Crippen LogP contribution is 2.65. The number of aliphatic hydroxyl groups is 1. The molecule has 20 heteroatoms. The molecule has 11 N–H and O–H groups in total. The summed E-state index contributed by atoms with van der Waals surface area (Å²) in [4.78, 5) is 93.1. The average Bonchev–Trinajstić information content (AvgIpc) is 3.91. The molecular formula is C47H62BClN8O10. The SMILES string of the molecule is C#C[C@H](NC(=O)[C@@H](NC(=O)[C@H](CCCCN)NC(=O)CCNC(=O)c1ccc(-c2ccc(Cl)cc2)cc1)[C@@H](C)O)C(=O)NC1(C(=O)N[C@@H](C)B2OC3C[C@@H]4C[C@@H](C4(C)C)[C@]3(C)O2)C[C@H]1C(N)=O. The van der Waals surface area contributed by atoms with E-state index in [2.05, 4.69) is 51.7 Å². The van der Waals surface area contributed by atoms with Gasteiger partial charge in [0.25, 0.3) is 11.8 Å². The topological polar surface area (TPSA) is 282 Å². The van der Waals surface area contributed by atoms with E-state index in [4.69, 9.17) is 38.8 Å². The molecule has 5 fully saturated rings. The molecule has 4 aliphatic carbocycles. The van der Waals surface area contributed by atoms with Gasteiger partial charge in [0.15, 0.2) is 6.04 Å². The van der Waals surface area contributed by atoms with Crippen molar-refractivity contribution in [3.8, 4) is 23.5 Å². The van der Waals surface area contributed by atoms with Crippen molar-refractivity contribution in [3.05, 3.63) is 59.1 Å². The summed E-state index contributed by atoms with van der Waals surface area (Å²) in [6.07, 6.45) is 6.60. The van der Waals surface area contributed by atoms with Gasteiger partial charge in [-0.15, -0.1) is 6.42 Å². The number of hydrogen-bond donors (Lipinski definition) is 9. The molecule has 7 amide bonds. The first-order chi connectivity index (χ1) is 31.6. The smallest absolute Gasteiger partial charge is 0.404 e. The Morgan fingerprint density at radius 3 is 2.15 bits per heavy atom. The molecule has 0 aromatic heterocycles. The van der Waals surface area contributed by atoms with E-state index in [1.807, 2.05) is 19.1 Å². The maximum atomic E-state index is 13.9. The molecule has 2 bridgehead atoms. The zero-order chi connectivity index (χ0) is 49.0. The third-order valence-corrected chi connectivity index (χ3v) is 14.4. The fourth-order valence-corrected chi connectivity index (χ4v) is 9.94. The zero-order valence-electron chi connectivity index (χ0n) is 38.5. The number of halogens is 1. The second-order valence-corrected chi connectivity index (χ2v) is 19.5. The van der Waals surface area contributed by atoms with Gasteiger partial charge in [0, 0.05) is 23.6 Å². The lowest BCUT2D eigenvalue weighted by atomic mass is 9.43. The lowest BCUT2D eigenvalue weighted by Crippen LogP contribution is -2.65. The van der Waals surface area contributed by atoms with Crippen molar-refractivity contribution in [1.82, 2.24) is 31.9 Å². The second kappa shape index (κ2) is 20.8. The fourth-order valence-electron chi connectivity index (χ4n) is 9.81. The minimum Gasteiger partial charge on any atom is -0.404 e. The second-order valence-electron chi connectivity index (χ2n) is 19.0. The molecule has 1 saturated heterocycles. The zero-order valence-corrected chi connectivity index (χ0v) is 39.2. The molecule has 5 aliphatic rings. The largest absolute Gasteiger partial charge is 0.481 e. The van der Waals surface area contributed by atoms with Crippen LogP contribution in [-0.2, 0) is 38.1 Å². The number of hydrogen-bond acceptors (Lipinski definition) is 11. The lowest BCUT2D eigenvalue weighted by Gasteiger charge is -2.64. The van der Waals surface area contributed by atoms with Crippen LogP contribution in [0.5, 0.6) is 0 Å². The van der Waals surface area contributed by atoms with Crippen molar-refractivity contribution in [2.45, 2.75) is 127 Å². The molecule has 1 heterocycles. The van der Waals surface area contributed by atoms with E-state index in [1.54, 1.807) is 43.3 Å². The van der Waals surface area contributed by atoms with Crippen LogP contribution in [-0.4, -0.2) is 114 Å². The van der Waals surface area contributed by atoms with E-state index in [9.17, 15) is 38.7 Å². The molecule has 1 aliphatic heterocycles. The third kappa shape index (κ3) is 11.1. The number of benzene rings is 2. The number of nitrogens with one attached hydrogen (secondary N) is 6. The summed E-state index contributed by atoms with van der Waals surface area (Å²) in [6.45, 7) is 9.69. The first-order valence-electron chi connectivity index (χ1n) is 22.8. The highest BCUT2D eigenvalue weighted by Gasteiger charge is 2.69. The number of carbonyl (C=O) groups excluding carboxylic acids is 7. The van der Waals surface area contributed by atoms with Crippen LogP contribution in [0.15, 0.2) is 48.5 Å². The molecule has 360 valence electrons. The predicted octanol–water partition coefficient (Wildman–Crippen LogP) is 0.857. The number of carbonyl (C=O) groups is 7. The van der Waals surface area contributed by atoms with Gasteiger partial charge in [0.2, 0.25) is 29.5 Å². The summed E-state index contributed by atoms with van der Waals surface area (Å²) in [5, 5.41) is 26.7. The van der Waals surface area contributed by atoms with Crippen LogP contribution < -0.4 is 43.4 Å². The number of terminal acetylenes is 1. The normalized spacial score (nSPS) is 26.3. The van der Waals surface area contributed by atoms with Gasteiger partial charge in [-0.3, -0.25) is 33.6 Å². The summed E-state index contributed by atoms with van der Waals surface area (Å²) in [6, 6.07) is 9.57. The molecule has 4 saturated carbocycles. The number of primary amides is 1. The molecule has 67 heavy (non-hydrogen) atoms. The molecule has 0 radical (unpaired) electrons. The quantitative estimate of drug-likeness (QED) is 0.0481. The first-order valence-corrected chi connectivity index (χ1v) is 23.2. The van der Waals surface area contributed by atoms with E-state index < -0.39 is 95.7 Å². The molecule has 2 unspecified atom stereocenters. The summed E-state index contributed by atoms with van der Waals surface area (Å²) >= 11 is 5.98. The van der Waals surface area contributed by atoms with Gasteiger partial charge in [-0.1, -0.05) is 55.6 Å². The number of rotatable bonds is 21. The molecule has 2 aromatic rings. The molecule has 7 rings (SSSR count). The Bertz CT molecular complexity index is 2260. The lowest BCUT2D eigenvalue weighted by molar-refractivity contribution is -0.199. The molecule has 11 atom stereocenters. The van der Waals surface area contributed by atoms with Crippen molar-refractivity contribution in [2.24, 2.45) is 34.6 Å². The van der Waals surface area contributed by atoms with Crippen LogP contribution in [0, 0.1) is 35.5 Å². The maximum Gasteiger partial charge on any atom is 0.481 e. The fraction of sp³-hybridized carbons (Fsp3) is 0.553. The van der Waals surface area contributed by atoms with Crippen LogP contribution in [0.2, 0.25) is 5.02 Å². The first kappa shape index (κ1) is 50.9. The van der Waals surface area contributed by atoms with E-state index in [0.29, 0.717) is 35.9 Å². The Kier molecular flexibility index (Phi) is 15.8. The standard InChI is InChI=1S/C47H62BClN8O10/c1-7-33(42(63)57-47(24-32(47)39(51)60)44(65)53-26(3)48-66-36-23-30-22-35(45(30,4)5)46(36,6)67-48)55-43(64)38(25(2)58)56-41(62)34(10-8-9-20-50)54-37(59)19-21-52-40(61)29-13-11-27(12-14-29)28-15-17-31(49)18-16-28/h1,11-18,25-26,30,32-36,38,58H,8-10,19-24,50H2,2-6H3,(H2,51,60)(H,52,61)(H,53,65)(H,54,59)(H,55,64)(H,56,62)(H,57,63)/t25-,26+,30+,32+,33+,34+,35+,36?,38+,46+,47?/m1/s1. The van der Waals surface area contributed by atoms with Crippen LogP contribution in [0.3, 0.4) is 0 Å². The van der Waals surface area contributed by atoms with Crippen molar-refractivity contribution in [2.75, 3.05) is 13.1 Å². The highest BCUT2D eigenvalue weighted by molar-refractivity contribution is 6.47. The van der Waals surface area contributed by atoms with Gasteiger partial charge in [-0.2, -0.15) is 0 Å². The van der Waals surface area contributed by atoms with Crippen molar-refractivity contribution < 1.29 is 48.0 Å². The van der Waals surface area contributed by atoms with Crippen LogP contribution in [0.25, 0.3) is 11.1 Å². The van der Waals surface area contributed by atoms with Crippen molar-refractivity contribution in [1.29, 1.82) is 0 Å². The van der Waals surface area contributed by atoms with Gasteiger partial charge < -0.3 is 57.8 Å². The van der Waals surface area contributed by atoms with Gasteiger partial charge in [-0.05, 0) is 118 Å². The molecular weight excluding hydrogens is 883 g/mol. The minimum atomic E-state index is -1.80. The molecule has 0 spiro atoms. The Labute approximate surface area is 396 Å². The Morgan fingerprint density at radius 1 is 0.910 bits per heavy atom. The monoisotopic (exact) mass is 944 g/mol. The van der Waals surface area contributed by atoms with Gasteiger partial charge in [0.05, 0.1) is 29.7 Å². The van der Waals surface area contributed by atoms with Crippen LogP contribution >= 0.6 is 11.6 Å². The predicted molar refractivity (Wildman–Crippen MR) is 249 cm³/mol. The minimum absolute atomic E-state index is 0.0558. The summed E-state index contributed by atoms with van der Waals surface area (Å²) in [5.74, 6) is -4.32. The van der Waals surface area contributed by atoms with Crippen molar-refractivity contribution >= 4 is 60.1 Å². The number of nitrogens with two attached hydrogens (primary N) is 2. The van der Waals surface area contributed by atoms with E-state index in [1.165, 1.54) is 6.92 Å². The Morgan fingerprint density at radius 2 is 1.57 bits per heavy atom. The van der Waals surface area contributed by atoms with Crippen molar-refractivity contribution in [3.63, 3.8) is 0 Å². The van der Waals surface area contributed by atoms with Gasteiger partial charge >= 0.3 is 7.12 Å². The Hall–Kier alpha value is -5.52. The molecule has 2 aromatic carbocycles. The van der Waals surface area contributed by atoms with Gasteiger partial charge in [0.1, 0.15) is 17.6 Å². The Balaban J connectivity index is 1.02. The maximum absolute atomic E-state index is 13.9. The number of aliphatic hydroxyl groups excluding tert-OH is 1. The van der Waals surface area contributed by atoms with E-state index >= 15 is 0 Å². The number of amides is 7. The molecule has 18 nitrogen and oxygen atoms in total. The highest BCUT2D eigenvalue weighted by atomic mass is 35.5. The van der Waals surface area contributed by atoms with Crippen LogP contribution in [0.4, 0.5) is 0 Å². The van der Waals surface area contributed by atoms with E-state index in [-0.39, 0.29) is 43.2 Å². The van der Waals surface area contributed by atoms with Crippen LogP contribution in [0.1, 0.15) is 89.9 Å². The summed E-state index contributed by atoms with van der Waals surface area (Å²) in [7, 11) is -0.795. The summed E-state index contributed by atoms with van der Waals surface area (Å²) < 4.78 is 12.8. The summed E-state index contributed by atoms with van der Waals surface area (Å²) in [5.41, 5.74) is 11.2. The van der Waals surface area contributed by atoms with Gasteiger partial charge in [-0.25, -0.2) is 0 Å². The average molecular weight is 945 g/mol.